The second-order valence-electron chi connectivity index (χ2n) is 2.51. The van der Waals surface area contributed by atoms with Gasteiger partial charge in [-0.3, -0.25) is 0 Å². The Kier molecular flexibility index (Phi) is 2.92. The van der Waals surface area contributed by atoms with Crippen LogP contribution in [0, 0.1) is 12.7 Å². The summed E-state index contributed by atoms with van der Waals surface area (Å²) >= 11 is 10.4. The first-order chi connectivity index (χ1) is 6.25. The van der Waals surface area contributed by atoms with Gasteiger partial charge in [-0.15, -0.1) is 0 Å². The van der Waals surface area contributed by atoms with E-state index < -0.39 is 33.4 Å². The molecule has 0 unspecified atom stereocenters. The molecule has 1 heterocycles. The van der Waals surface area contributed by atoms with Crippen LogP contribution < -0.4 is 0 Å². The predicted molar refractivity (Wildman–Crippen MR) is 44.0 cm³/mol. The number of nitrogens with zero attached hydrogens (tertiary/aromatic N) is 1. The summed E-state index contributed by atoms with van der Waals surface area (Å²) in [5, 5.41) is -1.51. The monoisotopic (exact) mass is 247 g/mol. The number of aromatic nitrogens is 1. The highest BCUT2D eigenvalue weighted by molar-refractivity contribution is 6.33. The molecule has 0 aromatic carbocycles. The van der Waals surface area contributed by atoms with Crippen molar-refractivity contribution in [2.45, 2.75) is 13.1 Å². The summed E-state index contributed by atoms with van der Waals surface area (Å²) in [4.78, 5) is 3.04. The first kappa shape index (κ1) is 11.5. The maximum absolute atomic E-state index is 12.9. The number of alkyl halides is 3. The summed E-state index contributed by atoms with van der Waals surface area (Å²) in [6, 6.07) is 0. The zero-order valence-corrected chi connectivity index (χ0v) is 8.23. The van der Waals surface area contributed by atoms with Crippen LogP contribution in [-0.2, 0) is 6.18 Å². The summed E-state index contributed by atoms with van der Waals surface area (Å²) in [6.45, 7) is 0.942. The molecule has 1 aromatic rings. The third kappa shape index (κ3) is 1.93. The van der Waals surface area contributed by atoms with Crippen LogP contribution in [0.2, 0.25) is 10.3 Å². The number of rotatable bonds is 0. The third-order valence-electron chi connectivity index (χ3n) is 1.57. The van der Waals surface area contributed by atoms with E-state index in [-0.39, 0.29) is 0 Å². The molecule has 0 fully saturated rings. The zero-order valence-electron chi connectivity index (χ0n) is 6.72. The molecule has 0 amide bonds. The maximum atomic E-state index is 12.9. The van der Waals surface area contributed by atoms with Gasteiger partial charge in [0.1, 0.15) is 5.15 Å². The Morgan fingerprint density at radius 1 is 1.14 bits per heavy atom. The standard InChI is InChI=1S/C7H3Cl2F4N/c1-2-3(7(11,12)13)5(8)14-6(9)4(2)10/h1H3. The molecule has 1 nitrogen and oxygen atoms in total. The van der Waals surface area contributed by atoms with Crippen LogP contribution in [0.3, 0.4) is 0 Å². The van der Waals surface area contributed by atoms with Crippen molar-refractivity contribution in [1.29, 1.82) is 0 Å². The molecule has 0 spiro atoms. The molecule has 78 valence electrons. The van der Waals surface area contributed by atoms with Crippen LogP contribution in [0.5, 0.6) is 0 Å². The fourth-order valence-corrected chi connectivity index (χ4v) is 1.54. The van der Waals surface area contributed by atoms with Crippen molar-refractivity contribution in [2.24, 2.45) is 0 Å². The summed E-state index contributed by atoms with van der Waals surface area (Å²) in [5.74, 6) is -1.21. The third-order valence-corrected chi connectivity index (χ3v) is 2.10. The Hall–Kier alpha value is -0.550. The van der Waals surface area contributed by atoms with Crippen LogP contribution in [0.25, 0.3) is 0 Å². The SMILES string of the molecule is Cc1c(F)c(Cl)nc(Cl)c1C(F)(F)F. The van der Waals surface area contributed by atoms with Gasteiger partial charge >= 0.3 is 6.18 Å². The lowest BCUT2D eigenvalue weighted by Gasteiger charge is -2.12. The highest BCUT2D eigenvalue weighted by Gasteiger charge is 2.37. The van der Waals surface area contributed by atoms with Gasteiger partial charge in [0.15, 0.2) is 11.0 Å². The fourth-order valence-electron chi connectivity index (χ4n) is 0.940. The molecule has 14 heavy (non-hydrogen) atoms. The first-order valence-electron chi connectivity index (χ1n) is 3.33. The topological polar surface area (TPSA) is 12.9 Å². The van der Waals surface area contributed by atoms with Crippen molar-refractivity contribution in [2.75, 3.05) is 0 Å². The molecular weight excluding hydrogens is 245 g/mol. The molecular formula is C7H3Cl2F4N. The molecule has 0 aliphatic rings. The van der Waals surface area contributed by atoms with Crippen LogP contribution in [-0.4, -0.2) is 4.98 Å². The zero-order chi connectivity index (χ0) is 11.1. The van der Waals surface area contributed by atoms with Crippen LogP contribution in [0.15, 0.2) is 0 Å². The average molecular weight is 248 g/mol. The lowest BCUT2D eigenvalue weighted by Crippen LogP contribution is -2.11. The van der Waals surface area contributed by atoms with E-state index in [1.165, 1.54) is 0 Å². The summed E-state index contributed by atoms with van der Waals surface area (Å²) in [7, 11) is 0. The smallest absolute Gasteiger partial charge is 0.221 e. The molecule has 0 atom stereocenters. The van der Waals surface area contributed by atoms with E-state index in [0.717, 1.165) is 6.92 Å². The summed E-state index contributed by atoms with van der Waals surface area (Å²) in [6.07, 6.45) is -4.74. The van der Waals surface area contributed by atoms with E-state index in [9.17, 15) is 17.6 Å². The average Bonchev–Trinajstić information content (AvgIpc) is 1.97. The van der Waals surface area contributed by atoms with Gasteiger partial charge in [-0.1, -0.05) is 23.2 Å². The summed E-state index contributed by atoms with van der Waals surface area (Å²) in [5.41, 5.74) is -1.94. The first-order valence-corrected chi connectivity index (χ1v) is 4.09. The second kappa shape index (κ2) is 3.55. The Morgan fingerprint density at radius 2 is 1.64 bits per heavy atom. The van der Waals surface area contributed by atoms with Crippen molar-refractivity contribution in [3.8, 4) is 0 Å². The Labute approximate surface area is 86.6 Å². The van der Waals surface area contributed by atoms with E-state index in [1.807, 2.05) is 0 Å². The molecule has 0 radical (unpaired) electrons. The number of pyridine rings is 1. The second-order valence-corrected chi connectivity index (χ2v) is 3.22. The molecule has 0 bridgehead atoms. The van der Waals surface area contributed by atoms with Gasteiger partial charge in [0.2, 0.25) is 0 Å². The van der Waals surface area contributed by atoms with Crippen LogP contribution in [0.1, 0.15) is 11.1 Å². The van der Waals surface area contributed by atoms with Crippen molar-refractivity contribution < 1.29 is 17.6 Å². The van der Waals surface area contributed by atoms with Crippen LogP contribution >= 0.6 is 23.2 Å². The molecule has 0 saturated heterocycles. The molecule has 1 rings (SSSR count). The van der Waals surface area contributed by atoms with E-state index in [2.05, 4.69) is 4.98 Å². The molecule has 0 saturated carbocycles. The predicted octanol–water partition coefficient (Wildman–Crippen LogP) is 3.85. The maximum Gasteiger partial charge on any atom is 0.419 e. The molecule has 0 N–H and O–H groups in total. The number of hydrogen-bond donors (Lipinski definition) is 0. The lowest BCUT2D eigenvalue weighted by atomic mass is 10.1. The van der Waals surface area contributed by atoms with Gasteiger partial charge in [0.25, 0.3) is 0 Å². The van der Waals surface area contributed by atoms with E-state index >= 15 is 0 Å². The Bertz CT molecular complexity index is 375. The van der Waals surface area contributed by atoms with Crippen molar-refractivity contribution in [3.05, 3.63) is 27.3 Å². The quantitative estimate of drug-likeness (QED) is 0.501. The number of hydrogen-bond acceptors (Lipinski definition) is 1. The lowest BCUT2D eigenvalue weighted by molar-refractivity contribution is -0.138. The minimum atomic E-state index is -4.74. The van der Waals surface area contributed by atoms with Crippen molar-refractivity contribution >= 4 is 23.2 Å². The van der Waals surface area contributed by atoms with E-state index in [0.29, 0.717) is 0 Å². The van der Waals surface area contributed by atoms with Crippen molar-refractivity contribution in [1.82, 2.24) is 4.98 Å². The number of halogens is 6. The van der Waals surface area contributed by atoms with Gasteiger partial charge in [-0.05, 0) is 6.92 Å². The highest BCUT2D eigenvalue weighted by atomic mass is 35.5. The normalized spacial score (nSPS) is 11.9. The van der Waals surface area contributed by atoms with Gasteiger partial charge < -0.3 is 0 Å². The Balaban J connectivity index is 3.53. The highest BCUT2D eigenvalue weighted by Crippen LogP contribution is 2.38. The molecule has 7 heteroatoms. The van der Waals surface area contributed by atoms with Crippen molar-refractivity contribution in [3.63, 3.8) is 0 Å². The van der Waals surface area contributed by atoms with Gasteiger partial charge in [-0.2, -0.15) is 13.2 Å². The molecule has 0 aliphatic heterocycles. The van der Waals surface area contributed by atoms with Crippen LogP contribution in [0.4, 0.5) is 17.6 Å². The van der Waals surface area contributed by atoms with E-state index in [1.54, 1.807) is 0 Å². The minimum absolute atomic E-state index is 0.650. The molecule has 0 aliphatic carbocycles. The largest absolute Gasteiger partial charge is 0.419 e. The molecule has 1 aromatic heterocycles. The van der Waals surface area contributed by atoms with E-state index in [4.69, 9.17) is 23.2 Å². The van der Waals surface area contributed by atoms with Gasteiger partial charge in [-0.25, -0.2) is 9.37 Å². The van der Waals surface area contributed by atoms with Gasteiger partial charge in [0, 0.05) is 5.56 Å². The minimum Gasteiger partial charge on any atom is -0.221 e. The van der Waals surface area contributed by atoms with Gasteiger partial charge in [0.05, 0.1) is 5.56 Å². The Morgan fingerprint density at radius 3 is 2.07 bits per heavy atom. The fraction of sp³-hybridized carbons (Fsp3) is 0.286. The summed E-state index contributed by atoms with van der Waals surface area (Å²) < 4.78 is 49.8.